The summed E-state index contributed by atoms with van der Waals surface area (Å²) in [5.41, 5.74) is 6.78. The molecule has 0 unspecified atom stereocenters. The van der Waals surface area contributed by atoms with Crippen molar-refractivity contribution in [2.45, 2.75) is 19.3 Å². The van der Waals surface area contributed by atoms with E-state index in [2.05, 4.69) is 10.2 Å². The molecule has 0 saturated carbocycles. The number of carbonyl (C=O) groups excluding carboxylic acids is 1. The quantitative estimate of drug-likeness (QED) is 0.800. The Morgan fingerprint density at radius 3 is 2.80 bits per heavy atom. The summed E-state index contributed by atoms with van der Waals surface area (Å²) in [7, 11) is 1.55. The lowest BCUT2D eigenvalue weighted by Crippen LogP contribution is -2.37. The van der Waals surface area contributed by atoms with Crippen LogP contribution in [-0.2, 0) is 0 Å². The smallest absolute Gasteiger partial charge is 0.253 e. The van der Waals surface area contributed by atoms with E-state index in [-0.39, 0.29) is 5.91 Å². The molecule has 2 rings (SSSR count). The van der Waals surface area contributed by atoms with Gasteiger partial charge in [0.2, 0.25) is 0 Å². The zero-order valence-corrected chi connectivity index (χ0v) is 12.0. The van der Waals surface area contributed by atoms with Crippen molar-refractivity contribution < 1.29 is 9.53 Å². The molecule has 1 fully saturated rings. The molecule has 1 amide bonds. The Morgan fingerprint density at radius 1 is 1.35 bits per heavy atom. The highest BCUT2D eigenvalue weighted by atomic mass is 16.5. The van der Waals surface area contributed by atoms with E-state index in [9.17, 15) is 4.79 Å². The summed E-state index contributed by atoms with van der Waals surface area (Å²) in [6, 6.07) is 5.24. The Kier molecular flexibility index (Phi) is 5.24. The normalized spacial score (nSPS) is 15.8. The lowest BCUT2D eigenvalue weighted by atomic mass is 10.1. The molecule has 110 valence electrons. The number of hydrogen-bond acceptors (Lipinski definition) is 4. The molecule has 1 saturated heterocycles. The maximum atomic E-state index is 12.1. The SMILES string of the molecule is COc1cccc(C(=O)NCCN2CCCCC2)c1N. The highest BCUT2D eigenvalue weighted by Crippen LogP contribution is 2.24. The number of carbonyl (C=O) groups is 1. The number of nitrogens with one attached hydrogen (secondary N) is 1. The summed E-state index contributed by atoms with van der Waals surface area (Å²) >= 11 is 0. The van der Waals surface area contributed by atoms with E-state index in [0.29, 0.717) is 23.5 Å². The third kappa shape index (κ3) is 3.63. The first-order valence-electron chi connectivity index (χ1n) is 7.15. The number of hydrogen-bond donors (Lipinski definition) is 2. The van der Waals surface area contributed by atoms with Crippen molar-refractivity contribution in [3.8, 4) is 5.75 Å². The van der Waals surface area contributed by atoms with Crippen molar-refractivity contribution in [1.29, 1.82) is 0 Å². The van der Waals surface area contributed by atoms with Crippen LogP contribution in [0.3, 0.4) is 0 Å². The van der Waals surface area contributed by atoms with E-state index in [1.807, 2.05) is 0 Å². The van der Waals surface area contributed by atoms with Crippen molar-refractivity contribution in [2.24, 2.45) is 0 Å². The highest BCUT2D eigenvalue weighted by Gasteiger charge is 2.14. The number of ether oxygens (including phenoxy) is 1. The topological polar surface area (TPSA) is 67.6 Å². The van der Waals surface area contributed by atoms with Crippen molar-refractivity contribution >= 4 is 11.6 Å². The van der Waals surface area contributed by atoms with E-state index in [0.717, 1.165) is 19.6 Å². The Morgan fingerprint density at radius 2 is 2.10 bits per heavy atom. The second kappa shape index (κ2) is 7.14. The molecule has 1 aromatic rings. The van der Waals surface area contributed by atoms with Gasteiger partial charge in [-0.3, -0.25) is 4.79 Å². The van der Waals surface area contributed by atoms with E-state index < -0.39 is 0 Å². The van der Waals surface area contributed by atoms with Crippen LogP contribution < -0.4 is 15.8 Å². The molecule has 1 aliphatic heterocycles. The van der Waals surface area contributed by atoms with Crippen LogP contribution in [0.1, 0.15) is 29.6 Å². The number of benzene rings is 1. The predicted molar refractivity (Wildman–Crippen MR) is 80.0 cm³/mol. The molecule has 3 N–H and O–H groups in total. The van der Waals surface area contributed by atoms with E-state index >= 15 is 0 Å². The van der Waals surface area contributed by atoms with Gasteiger partial charge in [0.1, 0.15) is 5.75 Å². The van der Waals surface area contributed by atoms with Gasteiger partial charge < -0.3 is 20.7 Å². The zero-order valence-electron chi connectivity index (χ0n) is 12.0. The van der Waals surface area contributed by atoms with Crippen LogP contribution in [0, 0.1) is 0 Å². The summed E-state index contributed by atoms with van der Waals surface area (Å²) in [6.07, 6.45) is 3.84. The van der Waals surface area contributed by atoms with E-state index in [4.69, 9.17) is 10.5 Å². The first kappa shape index (κ1) is 14.7. The number of nitrogen functional groups attached to an aromatic ring is 1. The summed E-state index contributed by atoms with van der Waals surface area (Å²) in [4.78, 5) is 14.5. The van der Waals surface area contributed by atoms with Gasteiger partial charge in [0, 0.05) is 13.1 Å². The molecule has 5 heteroatoms. The van der Waals surface area contributed by atoms with Gasteiger partial charge in [-0.25, -0.2) is 0 Å². The Hall–Kier alpha value is -1.75. The fourth-order valence-corrected chi connectivity index (χ4v) is 2.53. The Labute approximate surface area is 120 Å². The summed E-state index contributed by atoms with van der Waals surface area (Å²) in [6.45, 7) is 3.82. The van der Waals surface area contributed by atoms with Crippen LogP contribution in [0.2, 0.25) is 0 Å². The summed E-state index contributed by atoms with van der Waals surface area (Å²) in [5, 5.41) is 2.92. The van der Waals surface area contributed by atoms with Crippen molar-refractivity contribution in [2.75, 3.05) is 39.0 Å². The maximum absolute atomic E-state index is 12.1. The molecule has 0 aliphatic carbocycles. The Balaban J connectivity index is 1.85. The standard InChI is InChI=1S/C15H23N3O2/c1-20-13-7-5-6-12(14(13)16)15(19)17-8-11-18-9-3-2-4-10-18/h5-7H,2-4,8-11,16H2,1H3,(H,17,19). The fraction of sp³-hybridized carbons (Fsp3) is 0.533. The zero-order chi connectivity index (χ0) is 14.4. The van der Waals surface area contributed by atoms with Gasteiger partial charge in [-0.1, -0.05) is 12.5 Å². The van der Waals surface area contributed by atoms with Gasteiger partial charge in [-0.05, 0) is 38.1 Å². The number of para-hydroxylation sites is 1. The van der Waals surface area contributed by atoms with Crippen LogP contribution in [0.15, 0.2) is 18.2 Å². The van der Waals surface area contributed by atoms with Gasteiger partial charge in [0.25, 0.3) is 5.91 Å². The molecule has 0 spiro atoms. The Bertz CT molecular complexity index is 456. The highest BCUT2D eigenvalue weighted by molar-refractivity contribution is 6.00. The molecular formula is C15H23N3O2. The minimum absolute atomic E-state index is 0.140. The number of amides is 1. The van der Waals surface area contributed by atoms with Crippen molar-refractivity contribution in [3.05, 3.63) is 23.8 Å². The van der Waals surface area contributed by atoms with Gasteiger partial charge in [-0.2, -0.15) is 0 Å². The lowest BCUT2D eigenvalue weighted by molar-refractivity contribution is 0.0947. The molecule has 1 aliphatic rings. The van der Waals surface area contributed by atoms with Crippen LogP contribution in [-0.4, -0.2) is 44.1 Å². The van der Waals surface area contributed by atoms with Gasteiger partial charge in [0.05, 0.1) is 18.4 Å². The molecule has 20 heavy (non-hydrogen) atoms. The number of nitrogens with two attached hydrogens (primary N) is 1. The first-order chi connectivity index (χ1) is 9.72. The van der Waals surface area contributed by atoms with E-state index in [1.54, 1.807) is 25.3 Å². The largest absolute Gasteiger partial charge is 0.495 e. The lowest BCUT2D eigenvalue weighted by Gasteiger charge is -2.26. The molecule has 1 heterocycles. The predicted octanol–water partition coefficient (Wildman–Crippen LogP) is 1.49. The number of piperidine rings is 1. The van der Waals surface area contributed by atoms with Crippen LogP contribution in [0.25, 0.3) is 0 Å². The fourth-order valence-electron chi connectivity index (χ4n) is 2.53. The summed E-state index contributed by atoms with van der Waals surface area (Å²) < 4.78 is 5.12. The third-order valence-electron chi connectivity index (χ3n) is 3.69. The molecule has 0 radical (unpaired) electrons. The van der Waals surface area contributed by atoms with Crippen LogP contribution in [0.5, 0.6) is 5.75 Å². The number of likely N-dealkylation sites (tertiary alicyclic amines) is 1. The van der Waals surface area contributed by atoms with Crippen molar-refractivity contribution in [3.63, 3.8) is 0 Å². The minimum Gasteiger partial charge on any atom is -0.495 e. The maximum Gasteiger partial charge on any atom is 0.253 e. The second-order valence-corrected chi connectivity index (χ2v) is 5.08. The monoisotopic (exact) mass is 277 g/mol. The van der Waals surface area contributed by atoms with E-state index in [1.165, 1.54) is 19.3 Å². The number of nitrogens with zero attached hydrogens (tertiary/aromatic N) is 1. The number of methoxy groups -OCH3 is 1. The number of rotatable bonds is 5. The molecule has 0 atom stereocenters. The molecule has 0 bridgehead atoms. The van der Waals surface area contributed by atoms with Gasteiger partial charge in [-0.15, -0.1) is 0 Å². The molecule has 0 aromatic heterocycles. The van der Waals surface area contributed by atoms with Crippen LogP contribution >= 0.6 is 0 Å². The average Bonchev–Trinajstić information content (AvgIpc) is 2.48. The molecular weight excluding hydrogens is 254 g/mol. The third-order valence-corrected chi connectivity index (χ3v) is 3.69. The minimum atomic E-state index is -0.140. The molecule has 5 nitrogen and oxygen atoms in total. The van der Waals surface area contributed by atoms with Gasteiger partial charge in [0.15, 0.2) is 0 Å². The summed E-state index contributed by atoms with van der Waals surface area (Å²) in [5.74, 6) is 0.395. The van der Waals surface area contributed by atoms with Crippen molar-refractivity contribution in [1.82, 2.24) is 10.2 Å². The number of anilines is 1. The van der Waals surface area contributed by atoms with Gasteiger partial charge >= 0.3 is 0 Å². The first-order valence-corrected chi connectivity index (χ1v) is 7.15. The second-order valence-electron chi connectivity index (χ2n) is 5.08. The average molecular weight is 277 g/mol. The molecule has 1 aromatic carbocycles. The van der Waals surface area contributed by atoms with Crippen LogP contribution in [0.4, 0.5) is 5.69 Å².